The Balaban J connectivity index is 1.98. The van der Waals surface area contributed by atoms with Gasteiger partial charge in [0.2, 0.25) is 5.91 Å². The first-order chi connectivity index (χ1) is 8.66. The van der Waals surface area contributed by atoms with E-state index in [2.05, 4.69) is 31.3 Å². The fraction of sp³-hybridized carbons (Fsp3) is 0.533. The van der Waals surface area contributed by atoms with Crippen LogP contribution in [-0.2, 0) is 4.79 Å². The van der Waals surface area contributed by atoms with E-state index in [1.807, 2.05) is 23.1 Å². The second kappa shape index (κ2) is 6.01. The topological polar surface area (TPSA) is 32.3 Å². The minimum Gasteiger partial charge on any atom is -0.340 e. The summed E-state index contributed by atoms with van der Waals surface area (Å²) in [5.41, 5.74) is 1.26. The molecule has 1 saturated heterocycles. The van der Waals surface area contributed by atoms with Crippen molar-refractivity contribution in [1.82, 2.24) is 10.2 Å². The monoisotopic (exact) mass is 246 g/mol. The minimum atomic E-state index is 0.274. The number of hydrogen-bond donors (Lipinski definition) is 1. The van der Waals surface area contributed by atoms with Gasteiger partial charge >= 0.3 is 0 Å². The van der Waals surface area contributed by atoms with Crippen LogP contribution in [0.25, 0.3) is 0 Å². The molecule has 1 aliphatic heterocycles. The van der Waals surface area contributed by atoms with Crippen molar-refractivity contribution in [2.24, 2.45) is 5.92 Å². The third kappa shape index (κ3) is 3.33. The van der Waals surface area contributed by atoms with E-state index in [1.165, 1.54) is 5.56 Å². The van der Waals surface area contributed by atoms with Gasteiger partial charge in [0.1, 0.15) is 0 Å². The number of carbonyl (C=O) groups is 1. The first-order valence-corrected chi connectivity index (χ1v) is 6.73. The van der Waals surface area contributed by atoms with Crippen LogP contribution < -0.4 is 5.32 Å². The first-order valence-electron chi connectivity index (χ1n) is 6.73. The molecule has 3 nitrogen and oxygen atoms in total. The number of nitrogens with zero attached hydrogens (tertiary/aromatic N) is 1. The minimum absolute atomic E-state index is 0.274. The van der Waals surface area contributed by atoms with Crippen LogP contribution in [0.5, 0.6) is 0 Å². The molecule has 1 N–H and O–H groups in total. The molecule has 1 aromatic carbocycles. The third-order valence-corrected chi connectivity index (χ3v) is 3.31. The normalized spacial score (nSPS) is 20.2. The Bertz CT molecular complexity index is 389. The van der Waals surface area contributed by atoms with E-state index in [4.69, 9.17) is 0 Å². The van der Waals surface area contributed by atoms with Crippen molar-refractivity contribution in [3.05, 3.63) is 35.9 Å². The zero-order valence-corrected chi connectivity index (χ0v) is 11.2. The summed E-state index contributed by atoms with van der Waals surface area (Å²) in [6.45, 7) is 6.68. The van der Waals surface area contributed by atoms with Crippen LogP contribution >= 0.6 is 0 Å². The molecule has 98 valence electrons. The molecule has 2 rings (SSSR count). The highest BCUT2D eigenvalue weighted by Crippen LogP contribution is 2.18. The smallest absolute Gasteiger partial charge is 0.222 e. The van der Waals surface area contributed by atoms with E-state index >= 15 is 0 Å². The highest BCUT2D eigenvalue weighted by atomic mass is 16.2. The molecule has 0 spiro atoms. The summed E-state index contributed by atoms with van der Waals surface area (Å²) in [6.07, 6.45) is 0.654. The van der Waals surface area contributed by atoms with Gasteiger partial charge in [-0.1, -0.05) is 44.2 Å². The van der Waals surface area contributed by atoms with Crippen LogP contribution in [0.2, 0.25) is 0 Å². The number of benzene rings is 1. The second-order valence-electron chi connectivity index (χ2n) is 5.36. The van der Waals surface area contributed by atoms with E-state index in [1.54, 1.807) is 0 Å². The summed E-state index contributed by atoms with van der Waals surface area (Å²) >= 11 is 0. The molecule has 18 heavy (non-hydrogen) atoms. The van der Waals surface area contributed by atoms with Gasteiger partial charge in [0.15, 0.2) is 0 Å². The Labute approximate surface area is 109 Å². The molecule has 0 aliphatic carbocycles. The second-order valence-corrected chi connectivity index (χ2v) is 5.36. The first kappa shape index (κ1) is 13.1. The molecule has 1 fully saturated rings. The average Bonchev–Trinajstić information content (AvgIpc) is 2.39. The van der Waals surface area contributed by atoms with Crippen LogP contribution in [0.4, 0.5) is 0 Å². The maximum absolute atomic E-state index is 12.1. The zero-order chi connectivity index (χ0) is 13.0. The number of rotatable bonds is 3. The van der Waals surface area contributed by atoms with Crippen LogP contribution in [0.15, 0.2) is 30.3 Å². The van der Waals surface area contributed by atoms with Crippen molar-refractivity contribution in [2.75, 3.05) is 19.6 Å². The lowest BCUT2D eigenvalue weighted by Crippen LogP contribution is -2.48. The highest BCUT2D eigenvalue weighted by molar-refractivity contribution is 5.76. The van der Waals surface area contributed by atoms with Crippen LogP contribution in [0, 0.1) is 5.92 Å². The number of nitrogens with one attached hydrogen (secondary N) is 1. The number of carbonyl (C=O) groups excluding carboxylic acids is 1. The predicted octanol–water partition coefficient (Wildman–Crippen LogP) is 2.21. The summed E-state index contributed by atoms with van der Waals surface area (Å²) in [6, 6.07) is 10.6. The largest absolute Gasteiger partial charge is 0.340 e. The van der Waals surface area contributed by atoms with Gasteiger partial charge in [-0.25, -0.2) is 0 Å². The van der Waals surface area contributed by atoms with Gasteiger partial charge < -0.3 is 10.2 Å². The van der Waals surface area contributed by atoms with E-state index in [-0.39, 0.29) is 11.9 Å². The van der Waals surface area contributed by atoms with Gasteiger partial charge in [0, 0.05) is 32.1 Å². The highest BCUT2D eigenvalue weighted by Gasteiger charge is 2.24. The summed E-state index contributed by atoms with van der Waals surface area (Å²) in [5, 5.41) is 3.48. The molecule has 0 radical (unpaired) electrons. The lowest BCUT2D eigenvalue weighted by atomic mass is 10.0. The Morgan fingerprint density at radius 2 is 2.11 bits per heavy atom. The average molecular weight is 246 g/mol. The van der Waals surface area contributed by atoms with Crippen LogP contribution in [-0.4, -0.2) is 30.4 Å². The summed E-state index contributed by atoms with van der Waals surface area (Å²) < 4.78 is 0. The maximum Gasteiger partial charge on any atom is 0.222 e. The van der Waals surface area contributed by atoms with Gasteiger partial charge in [-0.05, 0) is 11.5 Å². The van der Waals surface area contributed by atoms with Crippen molar-refractivity contribution in [2.45, 2.75) is 26.3 Å². The van der Waals surface area contributed by atoms with Crippen LogP contribution in [0.3, 0.4) is 0 Å². The van der Waals surface area contributed by atoms with Gasteiger partial charge in [-0.15, -0.1) is 0 Å². The molecule has 1 aliphatic rings. The molecule has 3 heteroatoms. The molecule has 1 heterocycles. The van der Waals surface area contributed by atoms with Crippen molar-refractivity contribution >= 4 is 5.91 Å². The molecule has 1 amide bonds. The van der Waals surface area contributed by atoms with Crippen molar-refractivity contribution in [3.63, 3.8) is 0 Å². The summed E-state index contributed by atoms with van der Waals surface area (Å²) in [5.74, 6) is 0.718. The van der Waals surface area contributed by atoms with Gasteiger partial charge in [-0.3, -0.25) is 4.79 Å². The predicted molar refractivity (Wildman–Crippen MR) is 73.2 cm³/mol. The van der Waals surface area contributed by atoms with Crippen molar-refractivity contribution < 1.29 is 4.79 Å². The summed E-state index contributed by atoms with van der Waals surface area (Å²) in [4.78, 5) is 14.1. The van der Waals surface area contributed by atoms with Gasteiger partial charge in [-0.2, -0.15) is 0 Å². The molecule has 0 saturated carbocycles. The van der Waals surface area contributed by atoms with Crippen LogP contribution in [0.1, 0.15) is 31.9 Å². The number of hydrogen-bond acceptors (Lipinski definition) is 2. The van der Waals surface area contributed by atoms with E-state index in [0.717, 1.165) is 19.6 Å². The Morgan fingerprint density at radius 1 is 1.39 bits per heavy atom. The Morgan fingerprint density at radius 3 is 2.78 bits per heavy atom. The lowest BCUT2D eigenvalue weighted by molar-refractivity contribution is -0.133. The molecule has 1 atom stereocenters. The fourth-order valence-electron chi connectivity index (χ4n) is 2.36. The number of piperazine rings is 1. The summed E-state index contributed by atoms with van der Waals surface area (Å²) in [7, 11) is 0. The van der Waals surface area contributed by atoms with Gasteiger partial charge in [0.25, 0.3) is 0 Å². The van der Waals surface area contributed by atoms with Gasteiger partial charge in [0.05, 0.1) is 0 Å². The van der Waals surface area contributed by atoms with E-state index in [0.29, 0.717) is 12.3 Å². The molecule has 0 aromatic heterocycles. The number of amides is 1. The van der Waals surface area contributed by atoms with E-state index in [9.17, 15) is 4.79 Å². The Kier molecular flexibility index (Phi) is 4.37. The molecular weight excluding hydrogens is 224 g/mol. The molecule has 1 aromatic rings. The SMILES string of the molecule is CC(C)CC(=O)N1CCNC(c2ccccc2)C1. The molecule has 1 unspecified atom stereocenters. The van der Waals surface area contributed by atoms with E-state index < -0.39 is 0 Å². The quantitative estimate of drug-likeness (QED) is 0.887. The van der Waals surface area contributed by atoms with Crippen molar-refractivity contribution in [1.29, 1.82) is 0 Å². The Hall–Kier alpha value is -1.35. The molecule has 0 bridgehead atoms. The third-order valence-electron chi connectivity index (χ3n) is 3.31. The maximum atomic E-state index is 12.1. The molecular formula is C15H22N2O. The zero-order valence-electron chi connectivity index (χ0n) is 11.2. The lowest BCUT2D eigenvalue weighted by Gasteiger charge is -2.34. The fourth-order valence-corrected chi connectivity index (χ4v) is 2.36. The van der Waals surface area contributed by atoms with Crippen molar-refractivity contribution in [3.8, 4) is 0 Å². The standard InChI is InChI=1S/C15H22N2O/c1-12(2)10-15(18)17-9-8-16-14(11-17)13-6-4-3-5-7-13/h3-7,12,14,16H,8-11H2,1-2H3.